The standard InChI is InChI=1S/C18H25NO/c19-14-6-9-16-7-5-8-17(15-16)10-13-18(20)11-3-1-2-4-12-18/h5,7-8,15,20H,1-4,6,9,11-12,14,19H2. The van der Waals surface area contributed by atoms with Crippen LogP contribution in [-0.4, -0.2) is 17.3 Å². The van der Waals surface area contributed by atoms with Crippen molar-refractivity contribution in [3.63, 3.8) is 0 Å². The van der Waals surface area contributed by atoms with Gasteiger partial charge in [0, 0.05) is 5.56 Å². The molecule has 0 atom stereocenters. The molecular formula is C18H25NO. The van der Waals surface area contributed by atoms with Crippen LogP contribution in [0.5, 0.6) is 0 Å². The molecule has 20 heavy (non-hydrogen) atoms. The second-order valence-electron chi connectivity index (χ2n) is 5.79. The van der Waals surface area contributed by atoms with Gasteiger partial charge in [-0.25, -0.2) is 0 Å². The summed E-state index contributed by atoms with van der Waals surface area (Å²) in [4.78, 5) is 0. The Balaban J connectivity index is 2.07. The Morgan fingerprint density at radius 2 is 1.90 bits per heavy atom. The normalized spacial score (nSPS) is 17.9. The van der Waals surface area contributed by atoms with Gasteiger partial charge >= 0.3 is 0 Å². The minimum Gasteiger partial charge on any atom is -0.378 e. The van der Waals surface area contributed by atoms with Gasteiger partial charge in [0.05, 0.1) is 0 Å². The molecule has 0 heterocycles. The summed E-state index contributed by atoms with van der Waals surface area (Å²) in [5.74, 6) is 6.29. The van der Waals surface area contributed by atoms with E-state index >= 15 is 0 Å². The highest BCUT2D eigenvalue weighted by Crippen LogP contribution is 2.26. The molecule has 2 rings (SSSR count). The van der Waals surface area contributed by atoms with Crippen LogP contribution in [0.4, 0.5) is 0 Å². The van der Waals surface area contributed by atoms with Crippen molar-refractivity contribution in [2.45, 2.75) is 57.0 Å². The van der Waals surface area contributed by atoms with Gasteiger partial charge in [0.1, 0.15) is 5.60 Å². The van der Waals surface area contributed by atoms with Crippen LogP contribution in [0.3, 0.4) is 0 Å². The molecule has 2 heteroatoms. The SMILES string of the molecule is NCCCc1cccc(C#CC2(O)CCCCCC2)c1. The second kappa shape index (κ2) is 7.47. The molecule has 0 spiro atoms. The molecule has 1 saturated carbocycles. The maximum Gasteiger partial charge on any atom is 0.125 e. The largest absolute Gasteiger partial charge is 0.378 e. The minimum absolute atomic E-state index is 0.718. The number of aryl methyl sites for hydroxylation is 1. The first-order valence-electron chi connectivity index (χ1n) is 7.76. The molecule has 0 aliphatic heterocycles. The summed E-state index contributed by atoms with van der Waals surface area (Å²) in [7, 11) is 0. The van der Waals surface area contributed by atoms with E-state index in [2.05, 4.69) is 24.0 Å². The first kappa shape index (κ1) is 15.1. The van der Waals surface area contributed by atoms with Crippen LogP contribution in [-0.2, 0) is 6.42 Å². The fraction of sp³-hybridized carbons (Fsp3) is 0.556. The van der Waals surface area contributed by atoms with E-state index in [0.717, 1.165) is 50.6 Å². The van der Waals surface area contributed by atoms with Crippen LogP contribution in [0.2, 0.25) is 0 Å². The fourth-order valence-corrected chi connectivity index (χ4v) is 2.74. The van der Waals surface area contributed by atoms with Gasteiger partial charge in [0.2, 0.25) is 0 Å². The first-order valence-corrected chi connectivity index (χ1v) is 7.76. The third-order valence-corrected chi connectivity index (χ3v) is 3.97. The molecule has 1 aliphatic rings. The molecular weight excluding hydrogens is 246 g/mol. The third kappa shape index (κ3) is 4.67. The second-order valence-corrected chi connectivity index (χ2v) is 5.79. The van der Waals surface area contributed by atoms with E-state index in [1.807, 2.05) is 12.1 Å². The van der Waals surface area contributed by atoms with Crippen molar-refractivity contribution in [2.75, 3.05) is 6.54 Å². The average Bonchev–Trinajstić information content (AvgIpc) is 2.69. The van der Waals surface area contributed by atoms with Crippen LogP contribution < -0.4 is 5.73 Å². The molecule has 108 valence electrons. The van der Waals surface area contributed by atoms with E-state index in [1.54, 1.807) is 0 Å². The van der Waals surface area contributed by atoms with Crippen molar-refractivity contribution in [1.29, 1.82) is 0 Å². The molecule has 1 aromatic rings. The minimum atomic E-state index is -0.774. The summed E-state index contributed by atoms with van der Waals surface area (Å²) in [5.41, 5.74) is 7.04. The van der Waals surface area contributed by atoms with Crippen LogP contribution in [0, 0.1) is 11.8 Å². The van der Waals surface area contributed by atoms with Crippen LogP contribution in [0.15, 0.2) is 24.3 Å². The summed E-state index contributed by atoms with van der Waals surface area (Å²) in [5, 5.41) is 10.5. The zero-order chi connectivity index (χ0) is 14.3. The van der Waals surface area contributed by atoms with Gasteiger partial charge in [0.15, 0.2) is 0 Å². The van der Waals surface area contributed by atoms with Gasteiger partial charge in [-0.05, 0) is 62.8 Å². The topological polar surface area (TPSA) is 46.2 Å². The molecule has 1 aromatic carbocycles. The summed E-state index contributed by atoms with van der Waals surface area (Å²) >= 11 is 0. The molecule has 0 amide bonds. The highest BCUT2D eigenvalue weighted by molar-refractivity contribution is 5.39. The van der Waals surface area contributed by atoms with E-state index in [-0.39, 0.29) is 0 Å². The van der Waals surface area contributed by atoms with E-state index in [4.69, 9.17) is 5.73 Å². The molecule has 0 unspecified atom stereocenters. The van der Waals surface area contributed by atoms with Crippen molar-refractivity contribution in [2.24, 2.45) is 5.73 Å². The molecule has 0 saturated heterocycles. The van der Waals surface area contributed by atoms with E-state index in [9.17, 15) is 5.11 Å². The predicted molar refractivity (Wildman–Crippen MR) is 83.3 cm³/mol. The monoisotopic (exact) mass is 271 g/mol. The van der Waals surface area contributed by atoms with E-state index < -0.39 is 5.60 Å². The zero-order valence-electron chi connectivity index (χ0n) is 12.2. The highest BCUT2D eigenvalue weighted by Gasteiger charge is 2.25. The van der Waals surface area contributed by atoms with Gasteiger partial charge < -0.3 is 10.8 Å². The van der Waals surface area contributed by atoms with Gasteiger partial charge in [-0.1, -0.05) is 36.8 Å². The van der Waals surface area contributed by atoms with Crippen molar-refractivity contribution in [1.82, 2.24) is 0 Å². The lowest BCUT2D eigenvalue weighted by molar-refractivity contribution is 0.0849. The molecule has 2 nitrogen and oxygen atoms in total. The summed E-state index contributed by atoms with van der Waals surface area (Å²) < 4.78 is 0. The Bertz CT molecular complexity index is 476. The predicted octanol–water partition coefficient (Wildman–Crippen LogP) is 3.01. The number of rotatable bonds is 3. The Kier molecular flexibility index (Phi) is 5.64. The maximum atomic E-state index is 10.5. The Labute approximate surface area is 122 Å². The van der Waals surface area contributed by atoms with Gasteiger partial charge in [-0.2, -0.15) is 0 Å². The summed E-state index contributed by atoms with van der Waals surface area (Å²) in [6, 6.07) is 8.27. The van der Waals surface area contributed by atoms with Gasteiger partial charge in [-0.3, -0.25) is 0 Å². The van der Waals surface area contributed by atoms with Crippen molar-refractivity contribution in [3.8, 4) is 11.8 Å². The van der Waals surface area contributed by atoms with Gasteiger partial charge in [0.25, 0.3) is 0 Å². The lowest BCUT2D eigenvalue weighted by Gasteiger charge is -2.19. The molecule has 1 fully saturated rings. The molecule has 0 aromatic heterocycles. The van der Waals surface area contributed by atoms with E-state index in [1.165, 1.54) is 18.4 Å². The quantitative estimate of drug-likeness (QED) is 0.656. The van der Waals surface area contributed by atoms with Crippen LogP contribution >= 0.6 is 0 Å². The third-order valence-electron chi connectivity index (χ3n) is 3.97. The Morgan fingerprint density at radius 1 is 1.15 bits per heavy atom. The molecule has 1 aliphatic carbocycles. The molecule has 0 bridgehead atoms. The summed E-state index contributed by atoms with van der Waals surface area (Å²) in [6.45, 7) is 0.718. The first-order chi connectivity index (χ1) is 9.72. The van der Waals surface area contributed by atoms with Crippen molar-refractivity contribution < 1.29 is 5.11 Å². The van der Waals surface area contributed by atoms with Crippen LogP contribution in [0.25, 0.3) is 0 Å². The Hall–Kier alpha value is -1.30. The molecule has 0 radical (unpaired) electrons. The van der Waals surface area contributed by atoms with Crippen molar-refractivity contribution in [3.05, 3.63) is 35.4 Å². The number of hydrogen-bond donors (Lipinski definition) is 2. The lowest BCUT2D eigenvalue weighted by atomic mass is 9.95. The number of aliphatic hydroxyl groups is 1. The Morgan fingerprint density at radius 3 is 2.60 bits per heavy atom. The van der Waals surface area contributed by atoms with Crippen LogP contribution in [0.1, 0.15) is 56.1 Å². The summed E-state index contributed by atoms with van der Waals surface area (Å²) in [6.07, 6.45) is 8.23. The average molecular weight is 271 g/mol. The fourth-order valence-electron chi connectivity index (χ4n) is 2.74. The van der Waals surface area contributed by atoms with E-state index in [0.29, 0.717) is 0 Å². The maximum absolute atomic E-state index is 10.5. The smallest absolute Gasteiger partial charge is 0.125 e. The number of nitrogens with two attached hydrogens (primary N) is 1. The number of benzene rings is 1. The zero-order valence-corrected chi connectivity index (χ0v) is 12.2. The highest BCUT2D eigenvalue weighted by atomic mass is 16.3. The molecule has 3 N–H and O–H groups in total. The van der Waals surface area contributed by atoms with Crippen molar-refractivity contribution >= 4 is 0 Å². The van der Waals surface area contributed by atoms with Gasteiger partial charge in [-0.15, -0.1) is 0 Å². The number of hydrogen-bond acceptors (Lipinski definition) is 2. The lowest BCUT2D eigenvalue weighted by Crippen LogP contribution is -2.25.